The molecule has 1 aromatic carbocycles. The van der Waals surface area contributed by atoms with Gasteiger partial charge in [-0.1, -0.05) is 0 Å². The van der Waals surface area contributed by atoms with Crippen molar-refractivity contribution < 1.29 is 18.0 Å². The normalized spacial score (nSPS) is 15.6. The molecular weight excluding hydrogens is 231 g/mol. The van der Waals surface area contributed by atoms with Gasteiger partial charge in [-0.3, -0.25) is 4.79 Å². The Balaban J connectivity index is 2.45. The number of nitrogens with zero attached hydrogens (tertiary/aromatic N) is 1. The van der Waals surface area contributed by atoms with Crippen molar-refractivity contribution in [2.75, 3.05) is 4.90 Å². The van der Waals surface area contributed by atoms with E-state index < -0.39 is 11.7 Å². The smallest absolute Gasteiger partial charge is 0.309 e. The van der Waals surface area contributed by atoms with Gasteiger partial charge in [0, 0.05) is 11.7 Å². The number of amides is 1. The molecule has 2 rings (SSSR count). The molecule has 1 aliphatic rings. The molecule has 0 spiro atoms. The highest BCUT2D eigenvalue weighted by Gasteiger charge is 2.35. The Hall–Kier alpha value is -1.52. The summed E-state index contributed by atoms with van der Waals surface area (Å²) in [5, 5.41) is 0. The van der Waals surface area contributed by atoms with Crippen molar-refractivity contribution in [3.63, 3.8) is 0 Å². The van der Waals surface area contributed by atoms with E-state index in [1.165, 1.54) is 11.0 Å². The van der Waals surface area contributed by atoms with Crippen LogP contribution in [0.15, 0.2) is 18.2 Å². The molecule has 92 valence electrons. The molecule has 0 atom stereocenters. The lowest BCUT2D eigenvalue weighted by Crippen LogP contribution is -2.33. The number of benzene rings is 1. The van der Waals surface area contributed by atoms with Gasteiger partial charge in [0.1, 0.15) is 0 Å². The fourth-order valence-corrected chi connectivity index (χ4v) is 2.09. The van der Waals surface area contributed by atoms with Crippen LogP contribution in [-0.4, -0.2) is 11.9 Å². The van der Waals surface area contributed by atoms with E-state index in [2.05, 4.69) is 0 Å². The molecule has 17 heavy (non-hydrogen) atoms. The van der Waals surface area contributed by atoms with Gasteiger partial charge in [0.15, 0.2) is 0 Å². The molecule has 0 N–H and O–H groups in total. The van der Waals surface area contributed by atoms with Gasteiger partial charge in [0.2, 0.25) is 5.91 Å². The standard InChI is InChI=1S/C12H12F3NO/c1-7(2)16-10-4-3-9(12(13,14)15)5-8(10)6-11(16)17/h3-5,7H,6H2,1-2H3. The predicted octanol–water partition coefficient (Wildman–Crippen LogP) is 3.00. The average Bonchev–Trinajstić information content (AvgIpc) is 2.50. The Morgan fingerprint density at radius 2 is 1.94 bits per heavy atom. The van der Waals surface area contributed by atoms with E-state index in [0.29, 0.717) is 11.3 Å². The van der Waals surface area contributed by atoms with E-state index in [0.717, 1.165) is 12.1 Å². The predicted molar refractivity (Wildman–Crippen MR) is 57.8 cm³/mol. The molecule has 0 aliphatic carbocycles. The Morgan fingerprint density at radius 3 is 2.47 bits per heavy atom. The number of halogens is 3. The number of hydrogen-bond donors (Lipinski definition) is 0. The van der Waals surface area contributed by atoms with Crippen LogP contribution >= 0.6 is 0 Å². The zero-order chi connectivity index (χ0) is 12.8. The molecule has 5 heteroatoms. The van der Waals surface area contributed by atoms with Crippen molar-refractivity contribution in [2.45, 2.75) is 32.5 Å². The number of carbonyl (C=O) groups is 1. The highest BCUT2D eigenvalue weighted by Crippen LogP contribution is 2.36. The van der Waals surface area contributed by atoms with Gasteiger partial charge < -0.3 is 4.90 Å². The van der Waals surface area contributed by atoms with Gasteiger partial charge in [0.25, 0.3) is 0 Å². The molecule has 0 bridgehead atoms. The molecule has 0 radical (unpaired) electrons. The van der Waals surface area contributed by atoms with E-state index >= 15 is 0 Å². The lowest BCUT2D eigenvalue weighted by molar-refractivity contribution is -0.137. The van der Waals surface area contributed by atoms with Crippen molar-refractivity contribution in [1.82, 2.24) is 0 Å². The van der Waals surface area contributed by atoms with E-state index in [9.17, 15) is 18.0 Å². The summed E-state index contributed by atoms with van der Waals surface area (Å²) in [7, 11) is 0. The monoisotopic (exact) mass is 243 g/mol. The maximum Gasteiger partial charge on any atom is 0.416 e. The molecule has 0 unspecified atom stereocenters. The molecule has 0 fully saturated rings. The molecule has 0 saturated carbocycles. The summed E-state index contributed by atoms with van der Waals surface area (Å²) in [6.45, 7) is 3.68. The fourth-order valence-electron chi connectivity index (χ4n) is 2.09. The van der Waals surface area contributed by atoms with Crippen molar-refractivity contribution in [2.24, 2.45) is 0 Å². The summed E-state index contributed by atoms with van der Waals surface area (Å²) in [6.07, 6.45) is -4.30. The molecule has 1 heterocycles. The second-order valence-electron chi connectivity index (χ2n) is 4.38. The fraction of sp³-hybridized carbons (Fsp3) is 0.417. The number of hydrogen-bond acceptors (Lipinski definition) is 1. The minimum Gasteiger partial charge on any atom is -0.309 e. The SMILES string of the molecule is CC(C)N1C(=O)Cc2cc(C(F)(F)F)ccc21. The molecule has 1 aromatic rings. The molecule has 0 saturated heterocycles. The Labute approximate surface area is 97.0 Å². The number of rotatable bonds is 1. The second kappa shape index (κ2) is 3.75. The van der Waals surface area contributed by atoms with Crippen LogP contribution in [0, 0.1) is 0 Å². The van der Waals surface area contributed by atoms with Crippen molar-refractivity contribution in [3.8, 4) is 0 Å². The third kappa shape index (κ3) is 2.01. The molecule has 1 aliphatic heterocycles. The third-order valence-corrected chi connectivity index (χ3v) is 2.79. The maximum atomic E-state index is 12.5. The quantitative estimate of drug-likeness (QED) is 0.742. The van der Waals surface area contributed by atoms with E-state index in [-0.39, 0.29) is 18.4 Å². The van der Waals surface area contributed by atoms with Crippen LogP contribution in [-0.2, 0) is 17.4 Å². The van der Waals surface area contributed by atoms with Gasteiger partial charge in [-0.2, -0.15) is 13.2 Å². The lowest BCUT2D eigenvalue weighted by Gasteiger charge is -2.22. The van der Waals surface area contributed by atoms with E-state index in [1.807, 2.05) is 13.8 Å². The van der Waals surface area contributed by atoms with Gasteiger partial charge in [-0.05, 0) is 37.6 Å². The third-order valence-electron chi connectivity index (χ3n) is 2.79. The summed E-state index contributed by atoms with van der Waals surface area (Å²) in [6, 6.07) is 3.42. The van der Waals surface area contributed by atoms with Crippen LogP contribution in [0.2, 0.25) is 0 Å². The summed E-state index contributed by atoms with van der Waals surface area (Å²) in [5.74, 6) is -0.144. The summed E-state index contributed by atoms with van der Waals surface area (Å²) >= 11 is 0. The number of carbonyl (C=O) groups excluding carboxylic acids is 1. The van der Waals surface area contributed by atoms with Gasteiger partial charge in [0.05, 0.1) is 12.0 Å². The molecule has 1 amide bonds. The molecule has 2 nitrogen and oxygen atoms in total. The average molecular weight is 243 g/mol. The zero-order valence-corrected chi connectivity index (χ0v) is 9.51. The highest BCUT2D eigenvalue weighted by atomic mass is 19.4. The Morgan fingerprint density at radius 1 is 1.29 bits per heavy atom. The largest absolute Gasteiger partial charge is 0.416 e. The summed E-state index contributed by atoms with van der Waals surface area (Å²) in [4.78, 5) is 13.2. The highest BCUT2D eigenvalue weighted by molar-refractivity contribution is 6.01. The van der Waals surface area contributed by atoms with Crippen LogP contribution in [0.4, 0.5) is 18.9 Å². The van der Waals surface area contributed by atoms with Gasteiger partial charge >= 0.3 is 6.18 Å². The van der Waals surface area contributed by atoms with Gasteiger partial charge in [-0.25, -0.2) is 0 Å². The number of anilines is 1. The summed E-state index contributed by atoms with van der Waals surface area (Å²) < 4.78 is 37.5. The van der Waals surface area contributed by atoms with Crippen molar-refractivity contribution in [3.05, 3.63) is 29.3 Å². The first-order valence-corrected chi connectivity index (χ1v) is 5.33. The van der Waals surface area contributed by atoms with Gasteiger partial charge in [-0.15, -0.1) is 0 Å². The van der Waals surface area contributed by atoms with Crippen molar-refractivity contribution >= 4 is 11.6 Å². The van der Waals surface area contributed by atoms with Crippen LogP contribution in [0.1, 0.15) is 25.0 Å². The van der Waals surface area contributed by atoms with Crippen LogP contribution in [0.5, 0.6) is 0 Å². The van der Waals surface area contributed by atoms with E-state index in [1.54, 1.807) is 0 Å². The maximum absolute atomic E-state index is 12.5. The minimum absolute atomic E-state index is 0.0412. The van der Waals surface area contributed by atoms with Crippen LogP contribution in [0.3, 0.4) is 0 Å². The first-order chi connectivity index (χ1) is 7.80. The number of fused-ring (bicyclic) bond motifs is 1. The minimum atomic E-state index is -4.36. The first-order valence-electron chi connectivity index (χ1n) is 5.33. The van der Waals surface area contributed by atoms with Crippen LogP contribution < -0.4 is 4.90 Å². The molecular formula is C12H12F3NO. The topological polar surface area (TPSA) is 20.3 Å². The van der Waals surface area contributed by atoms with Crippen molar-refractivity contribution in [1.29, 1.82) is 0 Å². The number of alkyl halides is 3. The second-order valence-corrected chi connectivity index (χ2v) is 4.38. The first kappa shape index (κ1) is 12.0. The lowest BCUT2D eigenvalue weighted by atomic mass is 10.1. The Kier molecular flexibility index (Phi) is 2.64. The Bertz CT molecular complexity index is 465. The van der Waals surface area contributed by atoms with Crippen LogP contribution in [0.25, 0.3) is 0 Å². The molecule has 0 aromatic heterocycles. The van der Waals surface area contributed by atoms with E-state index in [4.69, 9.17) is 0 Å². The summed E-state index contributed by atoms with van der Waals surface area (Å²) in [5.41, 5.74) is 0.353. The zero-order valence-electron chi connectivity index (χ0n) is 9.51.